The molecule has 0 spiro atoms. The Balaban J connectivity index is 2.30. The average Bonchev–Trinajstić information content (AvgIpc) is 2.37. The van der Waals surface area contributed by atoms with Gasteiger partial charge in [0.15, 0.2) is 0 Å². The third kappa shape index (κ3) is 2.64. The molecule has 2 N–H and O–H groups in total. The van der Waals surface area contributed by atoms with Gasteiger partial charge in [-0.05, 0) is 19.3 Å². The first-order chi connectivity index (χ1) is 5.50. The van der Waals surface area contributed by atoms with Crippen molar-refractivity contribution in [2.45, 2.75) is 37.6 Å². The van der Waals surface area contributed by atoms with E-state index in [1.807, 2.05) is 0 Å². The van der Waals surface area contributed by atoms with E-state index in [4.69, 9.17) is 10.5 Å². The summed E-state index contributed by atoms with van der Waals surface area (Å²) in [6, 6.07) is -1.74. The van der Waals surface area contributed by atoms with E-state index >= 15 is 0 Å². The van der Waals surface area contributed by atoms with Crippen molar-refractivity contribution in [3.05, 3.63) is 0 Å². The third-order valence-corrected chi connectivity index (χ3v) is 1.96. The number of ether oxygens (including phenoxy) is 1. The van der Waals surface area contributed by atoms with Gasteiger partial charge in [0.25, 0.3) is 0 Å². The highest BCUT2D eigenvalue weighted by Gasteiger charge is 2.38. The van der Waals surface area contributed by atoms with Crippen LogP contribution in [0.5, 0.6) is 0 Å². The lowest BCUT2D eigenvalue weighted by atomic mass is 10.1. The fourth-order valence-corrected chi connectivity index (χ4v) is 1.25. The van der Waals surface area contributed by atoms with Crippen LogP contribution in [0.2, 0.25) is 0 Å². The Kier molecular flexibility index (Phi) is 2.95. The van der Waals surface area contributed by atoms with Crippen molar-refractivity contribution in [2.24, 2.45) is 5.73 Å². The van der Waals surface area contributed by atoms with Crippen LogP contribution in [0.25, 0.3) is 0 Å². The van der Waals surface area contributed by atoms with Gasteiger partial charge in [0.05, 0.1) is 6.10 Å². The average molecular weight is 183 g/mol. The zero-order chi connectivity index (χ0) is 9.19. The monoisotopic (exact) mass is 183 g/mol. The molecule has 2 atom stereocenters. The Morgan fingerprint density at radius 1 is 1.50 bits per heavy atom. The maximum atomic E-state index is 11.9. The van der Waals surface area contributed by atoms with Crippen LogP contribution in [0.1, 0.15) is 19.3 Å². The van der Waals surface area contributed by atoms with Gasteiger partial charge in [0.2, 0.25) is 0 Å². The number of nitrogens with two attached hydrogens (primary N) is 1. The van der Waals surface area contributed by atoms with Crippen LogP contribution in [0.15, 0.2) is 0 Å². The van der Waals surface area contributed by atoms with E-state index < -0.39 is 12.2 Å². The van der Waals surface area contributed by atoms with Crippen LogP contribution in [0.4, 0.5) is 13.2 Å². The molecule has 12 heavy (non-hydrogen) atoms. The number of hydrogen-bond donors (Lipinski definition) is 1. The van der Waals surface area contributed by atoms with E-state index in [0.29, 0.717) is 13.0 Å². The van der Waals surface area contributed by atoms with Gasteiger partial charge in [-0.3, -0.25) is 0 Å². The van der Waals surface area contributed by atoms with E-state index in [0.717, 1.165) is 6.42 Å². The molecular formula is C7H12F3NO. The van der Waals surface area contributed by atoms with E-state index in [9.17, 15) is 13.2 Å². The number of rotatable bonds is 2. The van der Waals surface area contributed by atoms with E-state index in [-0.39, 0.29) is 12.5 Å². The quantitative estimate of drug-likeness (QED) is 0.703. The van der Waals surface area contributed by atoms with Crippen LogP contribution >= 0.6 is 0 Å². The first kappa shape index (κ1) is 9.80. The lowest BCUT2D eigenvalue weighted by Gasteiger charge is -2.18. The zero-order valence-corrected chi connectivity index (χ0v) is 6.60. The van der Waals surface area contributed by atoms with Crippen molar-refractivity contribution in [2.75, 3.05) is 6.61 Å². The zero-order valence-electron chi connectivity index (χ0n) is 6.60. The molecule has 72 valence electrons. The van der Waals surface area contributed by atoms with Crippen LogP contribution in [-0.4, -0.2) is 24.9 Å². The van der Waals surface area contributed by atoms with Gasteiger partial charge in [-0.15, -0.1) is 0 Å². The van der Waals surface area contributed by atoms with Crippen molar-refractivity contribution in [3.8, 4) is 0 Å². The maximum absolute atomic E-state index is 11.9. The Labute approximate surface area is 68.9 Å². The second kappa shape index (κ2) is 3.62. The summed E-state index contributed by atoms with van der Waals surface area (Å²) in [5.74, 6) is 0. The fraction of sp³-hybridized carbons (Fsp3) is 1.00. The molecule has 1 aliphatic heterocycles. The molecule has 1 aliphatic rings. The van der Waals surface area contributed by atoms with Gasteiger partial charge >= 0.3 is 6.18 Å². The highest BCUT2D eigenvalue weighted by atomic mass is 19.4. The van der Waals surface area contributed by atoms with E-state index in [2.05, 4.69) is 0 Å². The fourth-order valence-electron chi connectivity index (χ4n) is 1.25. The summed E-state index contributed by atoms with van der Waals surface area (Å²) in [6.45, 7) is 0.565. The molecular weight excluding hydrogens is 171 g/mol. The second-order valence-electron chi connectivity index (χ2n) is 3.02. The van der Waals surface area contributed by atoms with E-state index in [1.165, 1.54) is 0 Å². The molecule has 1 fully saturated rings. The summed E-state index contributed by atoms with van der Waals surface area (Å²) in [7, 11) is 0. The van der Waals surface area contributed by atoms with Gasteiger partial charge in [-0.2, -0.15) is 13.2 Å². The SMILES string of the molecule is N[C@@H](C[C@H]1CCCO1)C(F)(F)F. The molecule has 0 aliphatic carbocycles. The van der Waals surface area contributed by atoms with Crippen molar-refractivity contribution in [1.82, 2.24) is 0 Å². The first-order valence-electron chi connectivity index (χ1n) is 3.94. The van der Waals surface area contributed by atoms with Crippen molar-refractivity contribution >= 4 is 0 Å². The predicted octanol–water partition coefficient (Wildman–Crippen LogP) is 1.45. The number of alkyl halides is 3. The molecule has 0 aromatic carbocycles. The van der Waals surface area contributed by atoms with Crippen LogP contribution in [0.3, 0.4) is 0 Å². The smallest absolute Gasteiger partial charge is 0.378 e. The third-order valence-electron chi connectivity index (χ3n) is 1.96. The topological polar surface area (TPSA) is 35.2 Å². The molecule has 0 aromatic rings. The van der Waals surface area contributed by atoms with E-state index in [1.54, 1.807) is 0 Å². The van der Waals surface area contributed by atoms with Gasteiger partial charge in [-0.1, -0.05) is 0 Å². The standard InChI is InChI=1S/C7H12F3NO/c8-7(9,10)6(11)4-5-2-1-3-12-5/h5-6H,1-4,11H2/t5-,6+/m1/s1. The molecule has 0 unspecified atom stereocenters. The Morgan fingerprint density at radius 3 is 2.58 bits per heavy atom. The van der Waals surface area contributed by atoms with Gasteiger partial charge in [-0.25, -0.2) is 0 Å². The molecule has 1 saturated heterocycles. The lowest BCUT2D eigenvalue weighted by Crippen LogP contribution is -2.39. The highest BCUT2D eigenvalue weighted by molar-refractivity contribution is 4.77. The minimum absolute atomic E-state index is 0.108. The molecule has 0 radical (unpaired) electrons. The molecule has 1 heterocycles. The molecule has 2 nitrogen and oxygen atoms in total. The first-order valence-corrected chi connectivity index (χ1v) is 3.94. The van der Waals surface area contributed by atoms with Gasteiger partial charge < -0.3 is 10.5 Å². The van der Waals surface area contributed by atoms with Crippen molar-refractivity contribution in [1.29, 1.82) is 0 Å². The Hall–Kier alpha value is -0.290. The molecule has 0 saturated carbocycles. The Morgan fingerprint density at radius 2 is 2.17 bits per heavy atom. The van der Waals surface area contributed by atoms with Crippen molar-refractivity contribution < 1.29 is 17.9 Å². The second-order valence-corrected chi connectivity index (χ2v) is 3.02. The summed E-state index contributed by atoms with van der Waals surface area (Å²) in [4.78, 5) is 0. The summed E-state index contributed by atoms with van der Waals surface area (Å²) in [5, 5.41) is 0. The summed E-state index contributed by atoms with van der Waals surface area (Å²) < 4.78 is 40.8. The molecule has 5 heteroatoms. The van der Waals surface area contributed by atoms with Gasteiger partial charge in [0, 0.05) is 6.61 Å². The minimum Gasteiger partial charge on any atom is -0.378 e. The normalized spacial score (nSPS) is 27.5. The lowest BCUT2D eigenvalue weighted by molar-refractivity contribution is -0.154. The summed E-state index contributed by atoms with van der Waals surface area (Å²) >= 11 is 0. The molecule has 1 rings (SSSR count). The highest BCUT2D eigenvalue weighted by Crippen LogP contribution is 2.25. The molecule has 0 amide bonds. The number of hydrogen-bond acceptors (Lipinski definition) is 2. The van der Waals surface area contributed by atoms with Gasteiger partial charge in [0.1, 0.15) is 6.04 Å². The number of halogens is 3. The molecule has 0 bridgehead atoms. The van der Waals surface area contributed by atoms with Crippen LogP contribution in [0, 0.1) is 0 Å². The molecule has 0 aromatic heterocycles. The minimum atomic E-state index is -4.29. The van der Waals surface area contributed by atoms with Crippen LogP contribution in [-0.2, 0) is 4.74 Å². The maximum Gasteiger partial charge on any atom is 0.403 e. The van der Waals surface area contributed by atoms with Crippen LogP contribution < -0.4 is 5.73 Å². The predicted molar refractivity (Wildman–Crippen MR) is 37.6 cm³/mol. The van der Waals surface area contributed by atoms with Crippen molar-refractivity contribution in [3.63, 3.8) is 0 Å². The Bertz CT molecular complexity index is 142. The largest absolute Gasteiger partial charge is 0.403 e. The summed E-state index contributed by atoms with van der Waals surface area (Å²) in [5.41, 5.74) is 4.93. The summed E-state index contributed by atoms with van der Waals surface area (Å²) in [6.07, 6.45) is -3.14.